The van der Waals surface area contributed by atoms with Gasteiger partial charge in [0.25, 0.3) is 0 Å². The second-order valence-electron chi connectivity index (χ2n) is 2.61. The van der Waals surface area contributed by atoms with Crippen molar-refractivity contribution in [1.29, 1.82) is 0 Å². The summed E-state index contributed by atoms with van der Waals surface area (Å²) in [5.41, 5.74) is 0. The van der Waals surface area contributed by atoms with Crippen molar-refractivity contribution >= 4 is 33.2 Å². The van der Waals surface area contributed by atoms with Gasteiger partial charge in [-0.3, -0.25) is 4.79 Å². The largest absolute Gasteiger partial charge is 0.387 e. The molecule has 0 aliphatic heterocycles. The summed E-state index contributed by atoms with van der Waals surface area (Å²) >= 11 is 4.93. The van der Waals surface area contributed by atoms with Gasteiger partial charge in [0.2, 0.25) is 5.91 Å². The molecule has 0 saturated heterocycles. The molecule has 72 valence electrons. The highest BCUT2D eigenvalue weighted by Gasteiger charge is 2.08. The lowest BCUT2D eigenvalue weighted by molar-refractivity contribution is -0.133. The molecule has 0 aliphatic rings. The summed E-state index contributed by atoms with van der Waals surface area (Å²) in [4.78, 5) is 13.6. The van der Waals surface area contributed by atoms with Gasteiger partial charge in [0.15, 0.2) is 0 Å². The van der Waals surface area contributed by atoms with Gasteiger partial charge in [0.05, 0.1) is 10.3 Å². The van der Waals surface area contributed by atoms with Crippen molar-refractivity contribution < 1.29 is 9.90 Å². The molecule has 0 bridgehead atoms. The van der Waals surface area contributed by atoms with E-state index in [1.165, 1.54) is 4.90 Å². The van der Waals surface area contributed by atoms with Crippen molar-refractivity contribution in [3.05, 3.63) is 20.8 Å². The quantitative estimate of drug-likeness (QED) is 0.897. The van der Waals surface area contributed by atoms with Crippen LogP contribution in [0.4, 0.5) is 0 Å². The van der Waals surface area contributed by atoms with Crippen LogP contribution in [0.15, 0.2) is 15.9 Å². The Balaban J connectivity index is 2.54. The third kappa shape index (κ3) is 3.10. The number of thiophene rings is 1. The first-order chi connectivity index (χ1) is 6.13. The van der Waals surface area contributed by atoms with Crippen molar-refractivity contribution in [3.63, 3.8) is 0 Å². The summed E-state index contributed by atoms with van der Waals surface area (Å²) in [7, 11) is 1.67. The molecule has 1 amide bonds. The predicted molar refractivity (Wildman–Crippen MR) is 55.6 cm³/mol. The van der Waals surface area contributed by atoms with Gasteiger partial charge in [0, 0.05) is 11.9 Å². The minimum atomic E-state index is -0.428. The molecule has 0 aromatic carbocycles. The first-order valence-corrected chi connectivity index (χ1v) is 5.33. The van der Waals surface area contributed by atoms with Gasteiger partial charge in [-0.15, -0.1) is 11.3 Å². The van der Waals surface area contributed by atoms with E-state index in [-0.39, 0.29) is 5.91 Å². The lowest BCUT2D eigenvalue weighted by Crippen LogP contribution is -2.28. The van der Waals surface area contributed by atoms with E-state index in [0.717, 1.165) is 8.66 Å². The zero-order valence-corrected chi connectivity index (χ0v) is 9.56. The van der Waals surface area contributed by atoms with E-state index in [9.17, 15) is 4.79 Å². The lowest BCUT2D eigenvalue weighted by atomic mass is 10.4. The first kappa shape index (κ1) is 10.7. The van der Waals surface area contributed by atoms with Crippen LogP contribution in [0.1, 0.15) is 4.88 Å². The van der Waals surface area contributed by atoms with Crippen molar-refractivity contribution in [2.45, 2.75) is 6.54 Å². The Morgan fingerprint density at radius 1 is 1.69 bits per heavy atom. The van der Waals surface area contributed by atoms with Crippen LogP contribution in [-0.2, 0) is 11.3 Å². The highest BCUT2D eigenvalue weighted by Crippen LogP contribution is 2.22. The van der Waals surface area contributed by atoms with Crippen LogP contribution in [0.2, 0.25) is 0 Å². The van der Waals surface area contributed by atoms with Gasteiger partial charge in [-0.25, -0.2) is 0 Å². The maximum Gasteiger partial charge on any atom is 0.248 e. The second kappa shape index (κ2) is 4.74. The van der Waals surface area contributed by atoms with Crippen LogP contribution in [-0.4, -0.2) is 29.6 Å². The molecule has 1 aromatic rings. The summed E-state index contributed by atoms with van der Waals surface area (Å²) in [6.07, 6.45) is 0. The molecular formula is C8H10BrNO2S. The van der Waals surface area contributed by atoms with E-state index in [1.54, 1.807) is 18.4 Å². The fourth-order valence-electron chi connectivity index (χ4n) is 0.879. The molecule has 0 saturated carbocycles. The number of aliphatic hydroxyl groups is 1. The standard InChI is InChI=1S/C8H10BrNO2S/c1-10(8(12)5-11)4-6-2-3-7(9)13-6/h2-3,11H,4-5H2,1H3. The summed E-state index contributed by atoms with van der Waals surface area (Å²) in [5, 5.41) is 8.59. The monoisotopic (exact) mass is 263 g/mol. The summed E-state index contributed by atoms with van der Waals surface area (Å²) in [6, 6.07) is 3.90. The van der Waals surface area contributed by atoms with Gasteiger partial charge in [0.1, 0.15) is 6.61 Å². The van der Waals surface area contributed by atoms with Crippen LogP contribution in [0.25, 0.3) is 0 Å². The minimum Gasteiger partial charge on any atom is -0.387 e. The average Bonchev–Trinajstić information content (AvgIpc) is 2.49. The fraction of sp³-hybridized carbons (Fsp3) is 0.375. The Hall–Kier alpha value is -0.390. The number of nitrogens with zero attached hydrogens (tertiary/aromatic N) is 1. The van der Waals surface area contributed by atoms with E-state index >= 15 is 0 Å². The molecule has 0 atom stereocenters. The zero-order valence-electron chi connectivity index (χ0n) is 7.16. The fourth-order valence-corrected chi connectivity index (χ4v) is 2.42. The average molecular weight is 264 g/mol. The molecule has 0 spiro atoms. The highest BCUT2D eigenvalue weighted by molar-refractivity contribution is 9.11. The molecular weight excluding hydrogens is 254 g/mol. The lowest BCUT2D eigenvalue weighted by Gasteiger charge is -2.13. The predicted octanol–water partition coefficient (Wildman–Crippen LogP) is 1.46. The van der Waals surface area contributed by atoms with E-state index in [4.69, 9.17) is 5.11 Å². The smallest absolute Gasteiger partial charge is 0.248 e. The van der Waals surface area contributed by atoms with Gasteiger partial charge < -0.3 is 10.0 Å². The molecule has 1 N–H and O–H groups in total. The second-order valence-corrected chi connectivity index (χ2v) is 5.16. The van der Waals surface area contributed by atoms with E-state index in [2.05, 4.69) is 15.9 Å². The molecule has 5 heteroatoms. The van der Waals surface area contributed by atoms with Crippen molar-refractivity contribution in [2.75, 3.05) is 13.7 Å². The van der Waals surface area contributed by atoms with E-state index in [1.807, 2.05) is 12.1 Å². The Morgan fingerprint density at radius 2 is 2.38 bits per heavy atom. The number of rotatable bonds is 3. The first-order valence-electron chi connectivity index (χ1n) is 3.72. The molecule has 0 radical (unpaired) electrons. The van der Waals surface area contributed by atoms with Crippen LogP contribution in [0.3, 0.4) is 0 Å². The number of carbonyl (C=O) groups excluding carboxylic acids is 1. The minimum absolute atomic E-state index is 0.260. The molecule has 13 heavy (non-hydrogen) atoms. The molecule has 1 rings (SSSR count). The number of hydrogen-bond donors (Lipinski definition) is 1. The van der Waals surface area contributed by atoms with Crippen molar-refractivity contribution in [2.24, 2.45) is 0 Å². The van der Waals surface area contributed by atoms with Crippen molar-refractivity contribution in [3.8, 4) is 0 Å². The number of hydrogen-bond acceptors (Lipinski definition) is 3. The maximum absolute atomic E-state index is 11.0. The summed E-state index contributed by atoms with van der Waals surface area (Å²) in [6.45, 7) is 0.124. The Kier molecular flexibility index (Phi) is 3.90. The van der Waals surface area contributed by atoms with Crippen LogP contribution < -0.4 is 0 Å². The maximum atomic E-state index is 11.0. The van der Waals surface area contributed by atoms with Gasteiger partial charge in [-0.2, -0.15) is 0 Å². The van der Waals surface area contributed by atoms with Gasteiger partial charge in [-0.05, 0) is 28.1 Å². The van der Waals surface area contributed by atoms with Gasteiger partial charge >= 0.3 is 0 Å². The molecule has 3 nitrogen and oxygen atoms in total. The molecule has 0 aliphatic carbocycles. The molecule has 0 fully saturated rings. The normalized spacial score (nSPS) is 10.1. The van der Waals surface area contributed by atoms with Crippen LogP contribution in [0.5, 0.6) is 0 Å². The number of carbonyl (C=O) groups is 1. The van der Waals surface area contributed by atoms with Crippen molar-refractivity contribution in [1.82, 2.24) is 4.90 Å². The zero-order chi connectivity index (χ0) is 9.84. The van der Waals surface area contributed by atoms with E-state index < -0.39 is 6.61 Å². The third-order valence-corrected chi connectivity index (χ3v) is 3.19. The Morgan fingerprint density at radius 3 is 2.85 bits per heavy atom. The summed E-state index contributed by atoms with van der Waals surface area (Å²) in [5.74, 6) is -0.260. The molecule has 1 heterocycles. The number of amides is 1. The third-order valence-electron chi connectivity index (χ3n) is 1.58. The number of likely N-dealkylation sites (N-methyl/N-ethyl adjacent to an activating group) is 1. The summed E-state index contributed by atoms with van der Waals surface area (Å²) < 4.78 is 1.05. The van der Waals surface area contributed by atoms with Gasteiger partial charge in [-0.1, -0.05) is 0 Å². The Labute approximate surface area is 89.1 Å². The Bertz CT molecular complexity index is 300. The topological polar surface area (TPSA) is 40.5 Å². The number of halogens is 1. The number of aliphatic hydroxyl groups excluding tert-OH is 1. The van der Waals surface area contributed by atoms with E-state index in [0.29, 0.717) is 6.54 Å². The molecule has 0 unspecified atom stereocenters. The van der Waals surface area contributed by atoms with Crippen LogP contribution in [0, 0.1) is 0 Å². The highest BCUT2D eigenvalue weighted by atomic mass is 79.9. The van der Waals surface area contributed by atoms with Crippen LogP contribution >= 0.6 is 27.3 Å². The SMILES string of the molecule is CN(Cc1ccc(Br)s1)C(=O)CO. The molecule has 1 aromatic heterocycles.